The highest BCUT2D eigenvalue weighted by molar-refractivity contribution is 5.97. The Labute approximate surface area is 101 Å². The van der Waals surface area contributed by atoms with Gasteiger partial charge in [0.25, 0.3) is 0 Å². The summed E-state index contributed by atoms with van der Waals surface area (Å²) in [6, 6.07) is 7.70. The van der Waals surface area contributed by atoms with Crippen molar-refractivity contribution < 1.29 is 9.53 Å². The summed E-state index contributed by atoms with van der Waals surface area (Å²) in [5.74, 6) is -0.0112. The Kier molecular flexibility index (Phi) is 4.25. The fourth-order valence-corrected chi connectivity index (χ4v) is 1.93. The van der Waals surface area contributed by atoms with Gasteiger partial charge in [-0.05, 0) is 5.56 Å². The number of carbonyl (C=O) groups excluding carboxylic acids is 1. The third-order valence-corrected chi connectivity index (χ3v) is 2.97. The summed E-state index contributed by atoms with van der Waals surface area (Å²) in [7, 11) is 0. The Hall–Kier alpha value is -1.23. The molecule has 0 bridgehead atoms. The van der Waals surface area contributed by atoms with Crippen molar-refractivity contribution in [2.24, 2.45) is 5.73 Å². The van der Waals surface area contributed by atoms with Crippen LogP contribution in [-0.2, 0) is 11.3 Å². The van der Waals surface area contributed by atoms with E-state index in [9.17, 15) is 4.79 Å². The Bertz CT molecular complexity index is 370. The van der Waals surface area contributed by atoms with E-state index in [-0.39, 0.29) is 12.3 Å². The monoisotopic (exact) mass is 234 g/mol. The number of ether oxygens (including phenoxy) is 1. The van der Waals surface area contributed by atoms with Crippen molar-refractivity contribution in [3.05, 3.63) is 35.4 Å². The molecule has 1 aliphatic heterocycles. The van der Waals surface area contributed by atoms with Gasteiger partial charge in [-0.25, -0.2) is 0 Å². The first-order valence-electron chi connectivity index (χ1n) is 5.92. The Morgan fingerprint density at radius 1 is 1.24 bits per heavy atom. The van der Waals surface area contributed by atoms with Gasteiger partial charge in [-0.3, -0.25) is 9.69 Å². The minimum absolute atomic E-state index is 0.0112. The van der Waals surface area contributed by atoms with Gasteiger partial charge in [0.05, 0.1) is 19.8 Å². The van der Waals surface area contributed by atoms with Crippen LogP contribution in [0.2, 0.25) is 0 Å². The van der Waals surface area contributed by atoms with Gasteiger partial charge in [0.15, 0.2) is 5.78 Å². The Balaban J connectivity index is 1.95. The maximum Gasteiger partial charge on any atom is 0.176 e. The third-order valence-electron chi connectivity index (χ3n) is 2.97. The Morgan fingerprint density at radius 2 is 1.88 bits per heavy atom. The molecule has 0 aromatic heterocycles. The summed E-state index contributed by atoms with van der Waals surface area (Å²) in [4.78, 5) is 13.7. The van der Waals surface area contributed by atoms with Crippen molar-refractivity contribution in [3.63, 3.8) is 0 Å². The normalized spacial score (nSPS) is 17.0. The molecule has 92 valence electrons. The first-order chi connectivity index (χ1) is 8.29. The third kappa shape index (κ3) is 3.36. The minimum atomic E-state index is -0.0112. The quantitative estimate of drug-likeness (QED) is 0.778. The average molecular weight is 234 g/mol. The molecule has 4 heteroatoms. The highest BCUT2D eigenvalue weighted by Gasteiger charge is 2.10. The van der Waals surface area contributed by atoms with Crippen LogP contribution in [0, 0.1) is 0 Å². The number of nitrogens with two attached hydrogens (primary N) is 1. The summed E-state index contributed by atoms with van der Waals surface area (Å²) in [5.41, 5.74) is 7.24. The molecule has 0 saturated carbocycles. The second-order valence-electron chi connectivity index (χ2n) is 4.21. The van der Waals surface area contributed by atoms with Crippen molar-refractivity contribution in [1.29, 1.82) is 0 Å². The van der Waals surface area contributed by atoms with E-state index in [0.717, 1.165) is 32.8 Å². The molecule has 4 nitrogen and oxygen atoms in total. The predicted octanol–water partition coefficient (Wildman–Crippen LogP) is 0.660. The van der Waals surface area contributed by atoms with E-state index >= 15 is 0 Å². The Morgan fingerprint density at radius 3 is 2.47 bits per heavy atom. The average Bonchev–Trinajstić information content (AvgIpc) is 2.40. The van der Waals surface area contributed by atoms with Crippen molar-refractivity contribution in [3.8, 4) is 0 Å². The SMILES string of the molecule is NCC(=O)c1ccc(CN2CCOCC2)cc1. The molecule has 0 atom stereocenters. The molecular weight excluding hydrogens is 216 g/mol. The zero-order valence-electron chi connectivity index (χ0n) is 9.89. The molecular formula is C13H18N2O2. The summed E-state index contributed by atoms with van der Waals surface area (Å²) in [6.07, 6.45) is 0. The van der Waals surface area contributed by atoms with E-state index < -0.39 is 0 Å². The first-order valence-corrected chi connectivity index (χ1v) is 5.92. The molecule has 1 aliphatic rings. The van der Waals surface area contributed by atoms with Crippen LogP contribution in [0.5, 0.6) is 0 Å². The van der Waals surface area contributed by atoms with Crippen LogP contribution in [0.15, 0.2) is 24.3 Å². The molecule has 1 saturated heterocycles. The lowest BCUT2D eigenvalue weighted by molar-refractivity contribution is 0.0342. The number of nitrogens with zero attached hydrogens (tertiary/aromatic N) is 1. The molecule has 0 spiro atoms. The molecule has 17 heavy (non-hydrogen) atoms. The topological polar surface area (TPSA) is 55.6 Å². The number of Topliss-reactive ketones (excluding diaryl/α,β-unsaturated/α-hetero) is 1. The van der Waals surface area contributed by atoms with Gasteiger partial charge >= 0.3 is 0 Å². The number of hydrogen-bond donors (Lipinski definition) is 1. The zero-order valence-corrected chi connectivity index (χ0v) is 9.89. The van der Waals surface area contributed by atoms with Gasteiger partial charge in [0.2, 0.25) is 0 Å². The molecule has 1 fully saturated rings. The predicted molar refractivity (Wildman–Crippen MR) is 65.9 cm³/mol. The first kappa shape index (κ1) is 12.2. The maximum absolute atomic E-state index is 11.4. The van der Waals surface area contributed by atoms with Gasteiger partial charge in [-0.2, -0.15) is 0 Å². The molecule has 1 aromatic carbocycles. The van der Waals surface area contributed by atoms with Crippen LogP contribution < -0.4 is 5.73 Å². The van der Waals surface area contributed by atoms with Gasteiger partial charge in [0.1, 0.15) is 0 Å². The zero-order chi connectivity index (χ0) is 12.1. The number of benzene rings is 1. The van der Waals surface area contributed by atoms with Crippen molar-refractivity contribution in [1.82, 2.24) is 4.90 Å². The van der Waals surface area contributed by atoms with Gasteiger partial charge in [-0.15, -0.1) is 0 Å². The summed E-state index contributed by atoms with van der Waals surface area (Å²) in [6.45, 7) is 4.56. The largest absolute Gasteiger partial charge is 0.379 e. The number of morpholine rings is 1. The second kappa shape index (κ2) is 5.91. The molecule has 2 rings (SSSR count). The van der Waals surface area contributed by atoms with E-state index in [1.165, 1.54) is 5.56 Å². The minimum Gasteiger partial charge on any atom is -0.379 e. The van der Waals surface area contributed by atoms with Crippen LogP contribution in [-0.4, -0.2) is 43.5 Å². The molecule has 0 radical (unpaired) electrons. The molecule has 1 heterocycles. The molecule has 1 aromatic rings. The van der Waals surface area contributed by atoms with E-state index in [2.05, 4.69) is 4.90 Å². The number of hydrogen-bond acceptors (Lipinski definition) is 4. The number of carbonyl (C=O) groups is 1. The van der Waals surface area contributed by atoms with Crippen LogP contribution in [0.25, 0.3) is 0 Å². The lowest BCUT2D eigenvalue weighted by atomic mass is 10.1. The molecule has 0 aliphatic carbocycles. The van der Waals surface area contributed by atoms with E-state index in [1.807, 2.05) is 24.3 Å². The van der Waals surface area contributed by atoms with Gasteiger partial charge < -0.3 is 10.5 Å². The molecule has 0 unspecified atom stereocenters. The summed E-state index contributed by atoms with van der Waals surface area (Å²) < 4.78 is 5.30. The molecule has 2 N–H and O–H groups in total. The van der Waals surface area contributed by atoms with Crippen molar-refractivity contribution in [2.45, 2.75) is 6.54 Å². The van der Waals surface area contributed by atoms with E-state index in [1.54, 1.807) is 0 Å². The summed E-state index contributed by atoms with van der Waals surface area (Å²) >= 11 is 0. The lowest BCUT2D eigenvalue weighted by Gasteiger charge is -2.26. The number of ketones is 1. The highest BCUT2D eigenvalue weighted by atomic mass is 16.5. The van der Waals surface area contributed by atoms with Crippen LogP contribution in [0.1, 0.15) is 15.9 Å². The van der Waals surface area contributed by atoms with Crippen molar-refractivity contribution >= 4 is 5.78 Å². The van der Waals surface area contributed by atoms with Gasteiger partial charge in [-0.1, -0.05) is 24.3 Å². The summed E-state index contributed by atoms with van der Waals surface area (Å²) in [5, 5.41) is 0. The second-order valence-corrected chi connectivity index (χ2v) is 4.21. The molecule has 0 amide bonds. The standard InChI is InChI=1S/C13H18N2O2/c14-9-13(16)12-3-1-11(2-4-12)10-15-5-7-17-8-6-15/h1-4H,5-10,14H2. The van der Waals surface area contributed by atoms with Crippen LogP contribution >= 0.6 is 0 Å². The fourth-order valence-electron chi connectivity index (χ4n) is 1.93. The van der Waals surface area contributed by atoms with E-state index in [0.29, 0.717) is 5.56 Å². The number of rotatable bonds is 4. The van der Waals surface area contributed by atoms with Crippen LogP contribution in [0.3, 0.4) is 0 Å². The maximum atomic E-state index is 11.4. The van der Waals surface area contributed by atoms with Crippen LogP contribution in [0.4, 0.5) is 0 Å². The fraction of sp³-hybridized carbons (Fsp3) is 0.462. The van der Waals surface area contributed by atoms with Gasteiger partial charge in [0, 0.05) is 25.2 Å². The van der Waals surface area contributed by atoms with E-state index in [4.69, 9.17) is 10.5 Å². The van der Waals surface area contributed by atoms with Crippen molar-refractivity contribution in [2.75, 3.05) is 32.8 Å². The highest BCUT2D eigenvalue weighted by Crippen LogP contribution is 2.09. The smallest absolute Gasteiger partial charge is 0.176 e. The lowest BCUT2D eigenvalue weighted by Crippen LogP contribution is -2.35.